The number of hydrogen-bond acceptors (Lipinski definition) is 4. The first-order chi connectivity index (χ1) is 15.1. The molecule has 0 spiro atoms. The van der Waals surface area contributed by atoms with Gasteiger partial charge in [-0.25, -0.2) is 12.8 Å². The number of nitrogens with zero attached hydrogens (tertiary/aromatic N) is 2. The van der Waals surface area contributed by atoms with Crippen LogP contribution >= 0.6 is 0 Å². The van der Waals surface area contributed by atoms with Crippen molar-refractivity contribution < 1.29 is 26.0 Å². The number of rotatable bonds is 4. The fourth-order valence-corrected chi connectivity index (χ4v) is 4.45. The number of hydrazone groups is 1. The SMILES string of the molecule is CS(=O)(=O)c1ccc(C2C(c3ccc(F)cc3)C(C(F)(F)F)=NN2c2ccccc2)cc1. The molecule has 0 saturated carbocycles. The van der Waals surface area contributed by atoms with Crippen LogP contribution in [0, 0.1) is 5.82 Å². The molecule has 32 heavy (non-hydrogen) atoms. The quantitative estimate of drug-likeness (QED) is 0.482. The Balaban J connectivity index is 1.91. The standard InChI is InChI=1S/C23H18F4N2O2S/c1-32(30,31)19-13-9-16(10-14-19)21-20(15-7-11-17(24)12-8-15)22(23(25,26)27)28-29(21)18-5-3-2-4-6-18/h2-14,20-21H,1H3. The summed E-state index contributed by atoms with van der Waals surface area (Å²) in [5, 5.41) is 5.24. The summed E-state index contributed by atoms with van der Waals surface area (Å²) in [6.07, 6.45) is -3.67. The Labute approximate surface area is 182 Å². The monoisotopic (exact) mass is 462 g/mol. The lowest BCUT2D eigenvalue weighted by atomic mass is 9.84. The van der Waals surface area contributed by atoms with Crippen molar-refractivity contribution in [3.05, 3.63) is 95.8 Å². The number of halogens is 4. The lowest BCUT2D eigenvalue weighted by Gasteiger charge is -2.29. The van der Waals surface area contributed by atoms with Gasteiger partial charge in [-0.1, -0.05) is 42.5 Å². The van der Waals surface area contributed by atoms with Crippen molar-refractivity contribution >= 4 is 21.2 Å². The van der Waals surface area contributed by atoms with Crippen molar-refractivity contribution in [2.45, 2.75) is 23.0 Å². The van der Waals surface area contributed by atoms with Gasteiger partial charge in [0.05, 0.1) is 22.5 Å². The van der Waals surface area contributed by atoms with Crippen molar-refractivity contribution in [3.63, 3.8) is 0 Å². The smallest absolute Gasteiger partial charge is 0.257 e. The molecule has 2 unspecified atom stereocenters. The summed E-state index contributed by atoms with van der Waals surface area (Å²) >= 11 is 0. The maximum absolute atomic E-state index is 14.1. The van der Waals surface area contributed by atoms with Crippen LogP contribution in [0.2, 0.25) is 0 Å². The van der Waals surface area contributed by atoms with Crippen molar-refractivity contribution in [1.29, 1.82) is 0 Å². The fraction of sp³-hybridized carbons (Fsp3) is 0.174. The molecule has 0 amide bonds. The zero-order valence-corrected chi connectivity index (χ0v) is 17.6. The summed E-state index contributed by atoms with van der Waals surface area (Å²) < 4.78 is 79.4. The first-order valence-corrected chi connectivity index (χ1v) is 11.5. The van der Waals surface area contributed by atoms with Gasteiger partial charge in [0.2, 0.25) is 0 Å². The summed E-state index contributed by atoms with van der Waals surface area (Å²) in [4.78, 5) is 0.0563. The van der Waals surface area contributed by atoms with Crippen LogP contribution in [0.1, 0.15) is 23.1 Å². The van der Waals surface area contributed by atoms with Crippen LogP contribution < -0.4 is 5.01 Å². The Morgan fingerprint density at radius 2 is 1.41 bits per heavy atom. The third-order valence-corrected chi connectivity index (χ3v) is 6.41. The van der Waals surface area contributed by atoms with Gasteiger partial charge in [-0.05, 0) is 47.5 Å². The van der Waals surface area contributed by atoms with E-state index in [0.717, 1.165) is 18.4 Å². The third kappa shape index (κ3) is 4.25. The van der Waals surface area contributed by atoms with Gasteiger partial charge in [0.25, 0.3) is 0 Å². The number of alkyl halides is 3. The minimum Gasteiger partial charge on any atom is -0.257 e. The second kappa shape index (κ2) is 8.05. The molecule has 0 radical (unpaired) electrons. The highest BCUT2D eigenvalue weighted by Crippen LogP contribution is 2.48. The zero-order chi connectivity index (χ0) is 23.1. The number of para-hydroxylation sites is 1. The van der Waals surface area contributed by atoms with E-state index in [1.54, 1.807) is 30.3 Å². The van der Waals surface area contributed by atoms with Crippen LogP contribution in [0.5, 0.6) is 0 Å². The molecule has 0 saturated heterocycles. The van der Waals surface area contributed by atoms with E-state index in [2.05, 4.69) is 5.10 Å². The molecule has 0 bridgehead atoms. The highest BCUT2D eigenvalue weighted by atomic mass is 32.2. The van der Waals surface area contributed by atoms with E-state index in [4.69, 9.17) is 0 Å². The molecule has 1 aliphatic rings. The number of sulfone groups is 1. The Bertz CT molecular complexity index is 1240. The van der Waals surface area contributed by atoms with E-state index < -0.39 is 39.5 Å². The summed E-state index contributed by atoms with van der Waals surface area (Å²) in [5.74, 6) is -1.81. The molecule has 4 nitrogen and oxygen atoms in total. The van der Waals surface area contributed by atoms with Gasteiger partial charge in [-0.2, -0.15) is 18.3 Å². The molecule has 4 rings (SSSR count). The highest BCUT2D eigenvalue weighted by molar-refractivity contribution is 7.90. The number of anilines is 1. The maximum Gasteiger partial charge on any atom is 0.431 e. The minimum absolute atomic E-state index is 0.0563. The molecule has 0 aliphatic carbocycles. The third-order valence-electron chi connectivity index (χ3n) is 5.28. The lowest BCUT2D eigenvalue weighted by molar-refractivity contribution is -0.0609. The van der Waals surface area contributed by atoms with Crippen molar-refractivity contribution in [1.82, 2.24) is 0 Å². The minimum atomic E-state index is -4.73. The van der Waals surface area contributed by atoms with Crippen molar-refractivity contribution in [2.24, 2.45) is 5.10 Å². The molecule has 1 heterocycles. The second-order valence-corrected chi connectivity index (χ2v) is 9.49. The predicted octanol–water partition coefficient (Wildman–Crippen LogP) is 5.49. The van der Waals surface area contributed by atoms with Gasteiger partial charge in [0, 0.05) is 6.26 Å². The Kier molecular flexibility index (Phi) is 5.54. The second-order valence-electron chi connectivity index (χ2n) is 7.48. The van der Waals surface area contributed by atoms with Crippen LogP contribution in [0.3, 0.4) is 0 Å². The van der Waals surface area contributed by atoms with Gasteiger partial charge in [0.15, 0.2) is 15.5 Å². The number of hydrogen-bond donors (Lipinski definition) is 0. The topological polar surface area (TPSA) is 49.7 Å². The predicted molar refractivity (Wildman–Crippen MR) is 114 cm³/mol. The molecule has 3 aromatic carbocycles. The largest absolute Gasteiger partial charge is 0.431 e. The van der Waals surface area contributed by atoms with Crippen molar-refractivity contribution in [3.8, 4) is 0 Å². The molecule has 9 heteroatoms. The van der Waals surface area contributed by atoms with E-state index in [0.29, 0.717) is 11.3 Å². The van der Waals surface area contributed by atoms with E-state index >= 15 is 0 Å². The maximum atomic E-state index is 14.1. The molecule has 3 aromatic rings. The average Bonchev–Trinajstić information content (AvgIpc) is 3.15. The molecule has 166 valence electrons. The van der Waals surface area contributed by atoms with E-state index in [-0.39, 0.29) is 10.5 Å². The summed E-state index contributed by atoms with van der Waals surface area (Å²) in [6, 6.07) is 18.0. The van der Waals surface area contributed by atoms with Gasteiger partial charge in [0.1, 0.15) is 5.82 Å². The average molecular weight is 462 g/mol. The fourth-order valence-electron chi connectivity index (χ4n) is 3.82. The van der Waals surface area contributed by atoms with Crippen LogP contribution in [0.25, 0.3) is 0 Å². The van der Waals surface area contributed by atoms with Gasteiger partial charge in [-0.15, -0.1) is 0 Å². The Morgan fingerprint density at radius 3 is 1.94 bits per heavy atom. The van der Waals surface area contributed by atoms with E-state index in [9.17, 15) is 26.0 Å². The molecular weight excluding hydrogens is 444 g/mol. The molecule has 0 aromatic heterocycles. The summed E-state index contributed by atoms with van der Waals surface area (Å²) in [7, 11) is -3.48. The first kappa shape index (κ1) is 22.0. The van der Waals surface area contributed by atoms with Gasteiger partial charge >= 0.3 is 6.18 Å². The lowest BCUT2D eigenvalue weighted by Crippen LogP contribution is -2.30. The van der Waals surface area contributed by atoms with E-state index in [1.807, 2.05) is 0 Å². The van der Waals surface area contributed by atoms with Crippen LogP contribution in [0.4, 0.5) is 23.2 Å². The van der Waals surface area contributed by atoms with Gasteiger partial charge in [-0.3, -0.25) is 5.01 Å². The van der Waals surface area contributed by atoms with Gasteiger partial charge < -0.3 is 0 Å². The molecule has 0 N–H and O–H groups in total. The molecule has 0 fully saturated rings. The summed E-state index contributed by atoms with van der Waals surface area (Å²) in [5.41, 5.74) is 0.123. The zero-order valence-electron chi connectivity index (χ0n) is 16.8. The summed E-state index contributed by atoms with van der Waals surface area (Å²) in [6.45, 7) is 0. The Morgan fingerprint density at radius 1 is 0.844 bits per heavy atom. The molecule has 2 atom stereocenters. The van der Waals surface area contributed by atoms with Crippen LogP contribution in [-0.2, 0) is 9.84 Å². The van der Waals surface area contributed by atoms with Crippen LogP contribution in [0.15, 0.2) is 88.9 Å². The van der Waals surface area contributed by atoms with Crippen molar-refractivity contribution in [2.75, 3.05) is 11.3 Å². The van der Waals surface area contributed by atoms with E-state index in [1.165, 1.54) is 41.4 Å². The molecule has 1 aliphatic heterocycles. The first-order valence-electron chi connectivity index (χ1n) is 9.61. The van der Waals surface area contributed by atoms with Crippen LogP contribution in [-0.4, -0.2) is 26.6 Å². The Hall–Kier alpha value is -3.20. The number of benzene rings is 3. The normalized spacial score (nSPS) is 19.2. The highest BCUT2D eigenvalue weighted by Gasteiger charge is 2.51. The molecular formula is C23H18F4N2O2S.